The molecule has 0 fully saturated rings. The van der Waals surface area contributed by atoms with Crippen molar-refractivity contribution in [3.63, 3.8) is 0 Å². The molecule has 2 N–H and O–H groups in total. The topological polar surface area (TPSA) is 90.5 Å². The molecule has 0 spiro atoms. The van der Waals surface area contributed by atoms with Crippen molar-refractivity contribution < 1.29 is 14.3 Å². The third-order valence-electron chi connectivity index (χ3n) is 2.22. The van der Waals surface area contributed by atoms with E-state index in [1.165, 1.54) is 11.1 Å². The van der Waals surface area contributed by atoms with Gasteiger partial charge in [0.15, 0.2) is 5.82 Å². The number of ether oxygens (including phenoxy) is 1. The lowest BCUT2D eigenvalue weighted by Gasteiger charge is -2.19. The SMILES string of the molecule is CC(N)C(=O)N(C)c1ccn(C(=O)OC(C)(C)C)n1. The maximum absolute atomic E-state index is 11.8. The zero-order chi connectivity index (χ0) is 14.8. The summed E-state index contributed by atoms with van der Waals surface area (Å²) in [5.74, 6) is 0.0580. The highest BCUT2D eigenvalue weighted by Gasteiger charge is 2.21. The predicted octanol–water partition coefficient (Wildman–Crippen LogP) is 0.976. The van der Waals surface area contributed by atoms with Crippen molar-refractivity contribution in [2.45, 2.75) is 39.3 Å². The summed E-state index contributed by atoms with van der Waals surface area (Å²) < 4.78 is 6.21. The van der Waals surface area contributed by atoms with Crippen molar-refractivity contribution in [3.8, 4) is 0 Å². The molecule has 7 heteroatoms. The number of rotatable bonds is 2. The van der Waals surface area contributed by atoms with Crippen molar-refractivity contribution in [2.24, 2.45) is 5.73 Å². The third-order valence-corrected chi connectivity index (χ3v) is 2.22. The van der Waals surface area contributed by atoms with E-state index in [1.54, 1.807) is 40.8 Å². The first-order chi connectivity index (χ1) is 8.61. The van der Waals surface area contributed by atoms with E-state index in [0.717, 1.165) is 4.68 Å². The van der Waals surface area contributed by atoms with Crippen molar-refractivity contribution in [3.05, 3.63) is 12.3 Å². The standard InChI is InChI=1S/C12H20N4O3/c1-8(13)10(17)15(5)9-6-7-16(14-9)11(18)19-12(2,3)4/h6-8H,13H2,1-5H3. The Hall–Kier alpha value is -1.89. The van der Waals surface area contributed by atoms with Gasteiger partial charge in [-0.3, -0.25) is 9.69 Å². The van der Waals surface area contributed by atoms with Crippen LogP contribution < -0.4 is 10.6 Å². The molecule has 0 radical (unpaired) electrons. The van der Waals surface area contributed by atoms with Crippen LogP contribution in [0.4, 0.5) is 10.6 Å². The van der Waals surface area contributed by atoms with Gasteiger partial charge in [0.2, 0.25) is 5.91 Å². The lowest BCUT2D eigenvalue weighted by atomic mass is 10.2. The van der Waals surface area contributed by atoms with Gasteiger partial charge in [0.25, 0.3) is 0 Å². The molecule has 1 aromatic heterocycles. The average molecular weight is 268 g/mol. The number of amides is 1. The third kappa shape index (κ3) is 4.06. The Kier molecular flexibility index (Phi) is 4.31. The summed E-state index contributed by atoms with van der Waals surface area (Å²) in [6, 6.07) is 0.918. The highest BCUT2D eigenvalue weighted by atomic mass is 16.6. The van der Waals surface area contributed by atoms with Gasteiger partial charge in [0.05, 0.1) is 6.04 Å². The monoisotopic (exact) mass is 268 g/mol. The fraction of sp³-hybridized carbons (Fsp3) is 0.583. The molecule has 1 aromatic rings. The van der Waals surface area contributed by atoms with Crippen LogP contribution in [0.5, 0.6) is 0 Å². The molecule has 106 valence electrons. The molecule has 0 saturated carbocycles. The summed E-state index contributed by atoms with van der Waals surface area (Å²) >= 11 is 0. The summed E-state index contributed by atoms with van der Waals surface area (Å²) in [5.41, 5.74) is 4.91. The first-order valence-electron chi connectivity index (χ1n) is 5.94. The molecule has 1 heterocycles. The van der Waals surface area contributed by atoms with E-state index in [-0.39, 0.29) is 5.91 Å². The van der Waals surface area contributed by atoms with Crippen LogP contribution in [0.1, 0.15) is 27.7 Å². The summed E-state index contributed by atoms with van der Waals surface area (Å²) in [4.78, 5) is 24.7. The Balaban J connectivity index is 2.83. The number of carbonyl (C=O) groups excluding carboxylic acids is 2. The van der Waals surface area contributed by atoms with Crippen LogP contribution in [0, 0.1) is 0 Å². The highest BCUT2D eigenvalue weighted by Crippen LogP contribution is 2.12. The minimum atomic E-state index is -0.628. The number of carbonyl (C=O) groups is 2. The first kappa shape index (κ1) is 15.2. The Morgan fingerprint density at radius 2 is 2.05 bits per heavy atom. The largest absolute Gasteiger partial charge is 0.442 e. The first-order valence-corrected chi connectivity index (χ1v) is 5.94. The number of nitrogens with zero attached hydrogens (tertiary/aromatic N) is 3. The van der Waals surface area contributed by atoms with Crippen LogP contribution in [-0.4, -0.2) is 40.5 Å². The molecule has 0 saturated heterocycles. The molecule has 1 unspecified atom stereocenters. The zero-order valence-electron chi connectivity index (χ0n) is 11.9. The Labute approximate surface area is 112 Å². The van der Waals surface area contributed by atoms with Gasteiger partial charge < -0.3 is 10.5 Å². The zero-order valence-corrected chi connectivity index (χ0v) is 11.9. The number of hydrogen-bond donors (Lipinski definition) is 1. The second-order valence-electron chi connectivity index (χ2n) is 5.28. The van der Waals surface area contributed by atoms with Gasteiger partial charge in [-0.1, -0.05) is 0 Å². The fourth-order valence-corrected chi connectivity index (χ4v) is 1.32. The smallest absolute Gasteiger partial charge is 0.435 e. The van der Waals surface area contributed by atoms with Crippen molar-refractivity contribution in [1.29, 1.82) is 0 Å². The van der Waals surface area contributed by atoms with Gasteiger partial charge in [0.1, 0.15) is 5.60 Å². The maximum atomic E-state index is 11.8. The van der Waals surface area contributed by atoms with E-state index in [2.05, 4.69) is 5.10 Å². The van der Waals surface area contributed by atoms with E-state index in [0.29, 0.717) is 5.82 Å². The average Bonchev–Trinajstić information content (AvgIpc) is 2.73. The van der Waals surface area contributed by atoms with E-state index in [9.17, 15) is 9.59 Å². The number of nitrogens with two attached hydrogens (primary N) is 1. The number of likely N-dealkylation sites (N-methyl/N-ethyl adjacent to an activating group) is 1. The molecule has 0 bridgehead atoms. The molecule has 1 rings (SSSR count). The minimum absolute atomic E-state index is 0.283. The normalized spacial score (nSPS) is 12.9. The van der Waals surface area contributed by atoms with Crippen LogP contribution in [0.3, 0.4) is 0 Å². The second kappa shape index (κ2) is 5.40. The number of anilines is 1. The highest BCUT2D eigenvalue weighted by molar-refractivity contribution is 5.95. The van der Waals surface area contributed by atoms with Gasteiger partial charge in [-0.2, -0.15) is 4.68 Å². The van der Waals surface area contributed by atoms with Crippen LogP contribution in [-0.2, 0) is 9.53 Å². The molecule has 0 aliphatic heterocycles. The van der Waals surface area contributed by atoms with Gasteiger partial charge >= 0.3 is 6.09 Å². The molecule has 1 amide bonds. The van der Waals surface area contributed by atoms with Crippen molar-refractivity contribution >= 4 is 17.8 Å². The van der Waals surface area contributed by atoms with Gasteiger partial charge in [-0.15, -0.1) is 5.10 Å². The van der Waals surface area contributed by atoms with E-state index in [1.807, 2.05) is 0 Å². The summed E-state index contributed by atoms with van der Waals surface area (Å²) in [6.45, 7) is 6.88. The molecule has 19 heavy (non-hydrogen) atoms. The van der Waals surface area contributed by atoms with E-state index < -0.39 is 17.7 Å². The number of hydrogen-bond acceptors (Lipinski definition) is 5. The quantitative estimate of drug-likeness (QED) is 0.863. The predicted molar refractivity (Wildman–Crippen MR) is 70.9 cm³/mol. The molecular weight excluding hydrogens is 248 g/mol. The van der Waals surface area contributed by atoms with Crippen LogP contribution in [0.15, 0.2) is 12.3 Å². The van der Waals surface area contributed by atoms with Gasteiger partial charge in [-0.05, 0) is 27.7 Å². The molecule has 0 aliphatic rings. The lowest BCUT2D eigenvalue weighted by Crippen LogP contribution is -2.40. The van der Waals surface area contributed by atoms with Crippen LogP contribution in [0.25, 0.3) is 0 Å². The van der Waals surface area contributed by atoms with Gasteiger partial charge in [-0.25, -0.2) is 4.79 Å². The van der Waals surface area contributed by atoms with Gasteiger partial charge in [0, 0.05) is 19.3 Å². The molecule has 7 nitrogen and oxygen atoms in total. The van der Waals surface area contributed by atoms with Crippen LogP contribution in [0.2, 0.25) is 0 Å². The minimum Gasteiger partial charge on any atom is -0.442 e. The molecule has 0 aromatic carbocycles. The van der Waals surface area contributed by atoms with E-state index in [4.69, 9.17) is 10.5 Å². The Morgan fingerprint density at radius 3 is 2.53 bits per heavy atom. The second-order valence-corrected chi connectivity index (χ2v) is 5.28. The molecule has 0 aliphatic carbocycles. The number of aromatic nitrogens is 2. The van der Waals surface area contributed by atoms with Crippen molar-refractivity contribution in [1.82, 2.24) is 9.78 Å². The molecular formula is C12H20N4O3. The summed E-state index contributed by atoms with van der Waals surface area (Å²) in [5, 5.41) is 3.99. The van der Waals surface area contributed by atoms with Crippen molar-refractivity contribution in [2.75, 3.05) is 11.9 Å². The molecule has 1 atom stereocenters. The van der Waals surface area contributed by atoms with E-state index >= 15 is 0 Å². The Bertz CT molecular complexity index is 474. The lowest BCUT2D eigenvalue weighted by molar-refractivity contribution is -0.119. The van der Waals surface area contributed by atoms with Crippen LogP contribution >= 0.6 is 0 Å². The summed E-state index contributed by atoms with van der Waals surface area (Å²) in [6.07, 6.45) is 0.842. The maximum Gasteiger partial charge on any atom is 0.435 e. The fourth-order valence-electron chi connectivity index (χ4n) is 1.32. The summed E-state index contributed by atoms with van der Waals surface area (Å²) in [7, 11) is 1.55. The Morgan fingerprint density at radius 1 is 1.47 bits per heavy atom.